The summed E-state index contributed by atoms with van der Waals surface area (Å²) in [4.78, 5) is 0. The number of hydrogen-bond acceptors (Lipinski definition) is 10. The highest BCUT2D eigenvalue weighted by atomic mass is 16.8. The van der Waals surface area contributed by atoms with Gasteiger partial charge in [0.25, 0.3) is 0 Å². The molecule has 0 aliphatic carbocycles. The summed E-state index contributed by atoms with van der Waals surface area (Å²) in [7, 11) is 0. The zero-order valence-electron chi connectivity index (χ0n) is 32.5. The fourth-order valence-corrected chi connectivity index (χ4v) is 8.20. The quantitative estimate of drug-likeness (QED) is 0.128. The second-order valence-corrected chi connectivity index (χ2v) is 15.3. The Morgan fingerprint density at radius 3 is 1.16 bits per heavy atom. The van der Waals surface area contributed by atoms with Crippen molar-refractivity contribution < 1.29 is 47.4 Å². The van der Waals surface area contributed by atoms with E-state index in [1.54, 1.807) is 0 Å². The zero-order valence-corrected chi connectivity index (χ0v) is 32.5. The molecule has 2 spiro atoms. The molecular weight excluding hydrogens is 737 g/mol. The topological polar surface area (TPSA) is 92.3 Å². The van der Waals surface area contributed by atoms with Gasteiger partial charge in [0, 0.05) is 0 Å². The Labute approximate surface area is 339 Å². The van der Waals surface area contributed by atoms with Crippen LogP contribution in [0.15, 0.2) is 146 Å². The summed E-state index contributed by atoms with van der Waals surface area (Å²) in [5, 5.41) is 0. The Kier molecular flexibility index (Phi) is 12.4. The van der Waals surface area contributed by atoms with Gasteiger partial charge in [-0.05, 0) is 33.4 Å². The Bertz CT molecular complexity index is 1870. The van der Waals surface area contributed by atoms with E-state index < -0.39 is 48.2 Å². The molecule has 3 fully saturated rings. The second-order valence-electron chi connectivity index (χ2n) is 15.3. The molecule has 10 heteroatoms. The summed E-state index contributed by atoms with van der Waals surface area (Å²) in [6.45, 7) is 2.48. The molecule has 10 nitrogen and oxygen atoms in total. The number of hydrogen-bond donors (Lipinski definition) is 0. The van der Waals surface area contributed by atoms with Crippen molar-refractivity contribution in [3.05, 3.63) is 179 Å². The molecule has 0 saturated carbocycles. The average molecular weight is 787 g/mol. The monoisotopic (exact) mass is 786 g/mol. The number of ether oxygens (including phenoxy) is 10. The van der Waals surface area contributed by atoms with Crippen LogP contribution in [-0.4, -0.2) is 74.6 Å². The fraction of sp³-hybridized carbons (Fsp3) is 0.375. The van der Waals surface area contributed by atoms with Gasteiger partial charge >= 0.3 is 0 Å². The van der Waals surface area contributed by atoms with Crippen LogP contribution in [0.5, 0.6) is 0 Å². The van der Waals surface area contributed by atoms with Crippen LogP contribution in [0.1, 0.15) is 33.4 Å². The minimum atomic E-state index is -1.36. The molecule has 0 aromatic heterocycles. The standard InChI is InChI=1S/C48H50O10/c1-5-14-35(15-6-1)27-51-43-41-31-49-25-39-22-13-23-40(24-39)26-50-32-42-44(52-28-36-16-7-2-8-17-36)46(54-30-38-20-11-4-12-21-38)48(58-42)34-55-47(57-41,33-56-48)45(43)53-29-37-18-9-3-10-19-37/h1-24,41-46H,25-34H2/t41-,42-,43-,44-,45+,46+,47-,48+/m1/s1. The Morgan fingerprint density at radius 1 is 0.431 bits per heavy atom. The van der Waals surface area contributed by atoms with Crippen LogP contribution < -0.4 is 0 Å². The van der Waals surface area contributed by atoms with Crippen LogP contribution in [0, 0.1) is 0 Å². The van der Waals surface area contributed by atoms with Gasteiger partial charge < -0.3 is 47.4 Å². The Morgan fingerprint density at radius 2 is 0.793 bits per heavy atom. The Balaban J connectivity index is 1.06. The number of benzene rings is 5. The number of rotatable bonds is 12. The molecule has 5 aromatic carbocycles. The van der Waals surface area contributed by atoms with E-state index in [2.05, 4.69) is 6.07 Å². The van der Waals surface area contributed by atoms with Crippen LogP contribution in [0.3, 0.4) is 0 Å². The first-order valence-electron chi connectivity index (χ1n) is 20.1. The maximum atomic E-state index is 6.97. The van der Waals surface area contributed by atoms with E-state index in [-0.39, 0.29) is 26.4 Å². The van der Waals surface area contributed by atoms with Crippen molar-refractivity contribution in [3.63, 3.8) is 0 Å². The lowest BCUT2D eigenvalue weighted by Gasteiger charge is -2.46. The van der Waals surface area contributed by atoms with Gasteiger partial charge in [-0.15, -0.1) is 0 Å². The molecule has 58 heavy (non-hydrogen) atoms. The molecule has 3 saturated heterocycles. The summed E-state index contributed by atoms with van der Waals surface area (Å²) < 4.78 is 67.7. The molecule has 6 bridgehead atoms. The lowest BCUT2D eigenvalue weighted by Crippen LogP contribution is -2.63. The van der Waals surface area contributed by atoms with E-state index >= 15 is 0 Å². The van der Waals surface area contributed by atoms with Gasteiger partial charge in [-0.2, -0.15) is 0 Å². The van der Waals surface area contributed by atoms with Gasteiger partial charge in [-0.1, -0.05) is 146 Å². The third-order valence-electron chi connectivity index (χ3n) is 11.1. The lowest BCUT2D eigenvalue weighted by molar-refractivity contribution is -0.406. The van der Waals surface area contributed by atoms with Crippen molar-refractivity contribution >= 4 is 0 Å². The predicted molar refractivity (Wildman–Crippen MR) is 213 cm³/mol. The summed E-state index contributed by atoms with van der Waals surface area (Å²) in [6.07, 6.45) is -3.62. The summed E-state index contributed by atoms with van der Waals surface area (Å²) >= 11 is 0. The SMILES string of the molecule is c1ccc(CO[C@@H]2[C@H]3COCc4cccc(c4)COC[C@H]4O[C@]5(CO[C@@](CO5)(O3)[C@H]2OCc2ccccc2)[C@@H](OCc2ccccc2)[C@@H]4OCc2ccccc2)cc1. The molecule has 0 amide bonds. The van der Waals surface area contributed by atoms with Gasteiger partial charge in [0.1, 0.15) is 49.8 Å². The molecule has 0 N–H and O–H groups in total. The molecule has 10 rings (SSSR count). The van der Waals surface area contributed by atoms with Crippen molar-refractivity contribution in [3.8, 4) is 0 Å². The molecule has 5 aromatic rings. The summed E-state index contributed by atoms with van der Waals surface area (Å²) in [5.41, 5.74) is 6.12. The summed E-state index contributed by atoms with van der Waals surface area (Å²) in [5.74, 6) is -2.71. The highest BCUT2D eigenvalue weighted by Crippen LogP contribution is 2.47. The van der Waals surface area contributed by atoms with Crippen molar-refractivity contribution in [2.75, 3.05) is 26.4 Å². The van der Waals surface area contributed by atoms with Crippen molar-refractivity contribution in [1.82, 2.24) is 0 Å². The fourth-order valence-electron chi connectivity index (χ4n) is 8.20. The third kappa shape index (κ3) is 8.97. The zero-order chi connectivity index (χ0) is 39.0. The molecule has 8 atom stereocenters. The third-order valence-corrected chi connectivity index (χ3v) is 11.1. The Hall–Kier alpha value is -4.30. The van der Waals surface area contributed by atoms with E-state index in [0.717, 1.165) is 33.4 Å². The normalized spacial score (nSPS) is 29.6. The van der Waals surface area contributed by atoms with Gasteiger partial charge in [-0.25, -0.2) is 0 Å². The van der Waals surface area contributed by atoms with E-state index in [1.165, 1.54) is 0 Å². The molecule has 5 aliphatic heterocycles. The largest absolute Gasteiger partial charge is 0.374 e. The molecular formula is C48H50O10. The smallest absolute Gasteiger partial charge is 0.222 e. The highest BCUT2D eigenvalue weighted by molar-refractivity contribution is 5.23. The highest BCUT2D eigenvalue weighted by Gasteiger charge is 2.67. The summed E-state index contributed by atoms with van der Waals surface area (Å²) in [6, 6.07) is 48.5. The van der Waals surface area contributed by atoms with Crippen LogP contribution in [0.25, 0.3) is 0 Å². The maximum absolute atomic E-state index is 6.97. The van der Waals surface area contributed by atoms with Crippen LogP contribution in [-0.2, 0) is 87.0 Å². The van der Waals surface area contributed by atoms with Gasteiger partial charge in [0.15, 0.2) is 0 Å². The first kappa shape index (κ1) is 39.2. The van der Waals surface area contributed by atoms with Gasteiger partial charge in [-0.3, -0.25) is 0 Å². The van der Waals surface area contributed by atoms with Crippen LogP contribution in [0.2, 0.25) is 0 Å². The van der Waals surface area contributed by atoms with E-state index in [1.807, 2.05) is 140 Å². The van der Waals surface area contributed by atoms with E-state index in [0.29, 0.717) is 39.6 Å². The van der Waals surface area contributed by atoms with E-state index in [4.69, 9.17) is 47.4 Å². The number of fused-ring (bicyclic) bond motifs is 6. The lowest BCUT2D eigenvalue weighted by atomic mass is 10.0. The molecule has 0 radical (unpaired) electrons. The van der Waals surface area contributed by atoms with Crippen LogP contribution >= 0.6 is 0 Å². The second kappa shape index (κ2) is 18.3. The first-order valence-corrected chi connectivity index (χ1v) is 20.1. The van der Waals surface area contributed by atoms with Gasteiger partial charge in [0.2, 0.25) is 11.6 Å². The minimum absolute atomic E-state index is 0.0287. The van der Waals surface area contributed by atoms with Gasteiger partial charge in [0.05, 0.1) is 52.9 Å². The van der Waals surface area contributed by atoms with Crippen molar-refractivity contribution in [1.29, 1.82) is 0 Å². The average Bonchev–Trinajstić information content (AvgIpc) is 3.72. The predicted octanol–water partition coefficient (Wildman–Crippen LogP) is 7.31. The molecule has 0 unspecified atom stereocenters. The molecule has 5 heterocycles. The molecule has 5 aliphatic rings. The molecule has 302 valence electrons. The maximum Gasteiger partial charge on any atom is 0.222 e. The minimum Gasteiger partial charge on any atom is -0.374 e. The first-order chi connectivity index (χ1) is 28.6. The van der Waals surface area contributed by atoms with Crippen LogP contribution in [0.4, 0.5) is 0 Å². The van der Waals surface area contributed by atoms with Crippen molar-refractivity contribution in [2.24, 2.45) is 0 Å². The van der Waals surface area contributed by atoms with E-state index in [9.17, 15) is 0 Å². The van der Waals surface area contributed by atoms with Crippen molar-refractivity contribution in [2.45, 2.75) is 87.8 Å².